The molecule has 1 aliphatic rings. The maximum Gasteiger partial charge on any atom is 0.417 e. The van der Waals surface area contributed by atoms with Gasteiger partial charge in [0, 0.05) is 46.6 Å². The summed E-state index contributed by atoms with van der Waals surface area (Å²) in [6.07, 6.45) is -4.59. The van der Waals surface area contributed by atoms with Crippen molar-refractivity contribution in [3.8, 4) is 0 Å². The van der Waals surface area contributed by atoms with Crippen LogP contribution in [0.15, 0.2) is 17.1 Å². The van der Waals surface area contributed by atoms with Crippen molar-refractivity contribution in [2.24, 2.45) is 4.99 Å². The van der Waals surface area contributed by atoms with Gasteiger partial charge in [-0.2, -0.15) is 13.2 Å². The molecule has 0 fully saturated rings. The van der Waals surface area contributed by atoms with E-state index in [1.807, 2.05) is 0 Å². The van der Waals surface area contributed by atoms with E-state index in [9.17, 15) is 27.6 Å². The number of likely N-dealkylation sites (N-methyl/N-ethyl adjacent to an activating group) is 1. The van der Waals surface area contributed by atoms with Crippen LogP contribution in [0.1, 0.15) is 29.5 Å². The van der Waals surface area contributed by atoms with E-state index in [4.69, 9.17) is 21.1 Å². The van der Waals surface area contributed by atoms with Crippen molar-refractivity contribution in [2.75, 3.05) is 40.5 Å². The molecule has 0 saturated carbocycles. The van der Waals surface area contributed by atoms with Gasteiger partial charge in [-0.15, -0.1) is 0 Å². The summed E-state index contributed by atoms with van der Waals surface area (Å²) in [6, 6.07) is 2.18. The summed E-state index contributed by atoms with van der Waals surface area (Å²) in [6.45, 7) is 1.41. The quantitative estimate of drug-likeness (QED) is 0.270. The van der Waals surface area contributed by atoms with Crippen molar-refractivity contribution in [2.45, 2.75) is 32.1 Å². The maximum absolute atomic E-state index is 13.1. The molecule has 1 aromatic rings. The zero-order chi connectivity index (χ0) is 24.6. The summed E-state index contributed by atoms with van der Waals surface area (Å²) in [5, 5.41) is -0.421. The van der Waals surface area contributed by atoms with Crippen molar-refractivity contribution < 1.29 is 37.0 Å². The number of fused-ring (bicyclic) bond motifs is 1. The van der Waals surface area contributed by atoms with Crippen LogP contribution in [0.25, 0.3) is 0 Å². The largest absolute Gasteiger partial charge is 0.417 e. The molecule has 0 saturated heterocycles. The Hall–Kier alpha value is -2.50. The van der Waals surface area contributed by atoms with Crippen LogP contribution >= 0.6 is 11.6 Å². The number of rotatable bonds is 11. The molecule has 1 aromatic carbocycles. The Balaban J connectivity index is 1.93. The molecule has 0 atom stereocenters. The number of benzene rings is 1. The fourth-order valence-corrected chi connectivity index (χ4v) is 3.55. The Morgan fingerprint density at radius 1 is 1.18 bits per heavy atom. The standard InChI is InChI=1S/C21H25ClF3N3O5/c1-27(5-6-33-8-7-32-2)20(31)18(26-13-29)3-4-19(30)28-11-14-9-16(21(23,24)25)17(22)10-15(14)12-28/h9-10,13H,3-8,11-12H2,1-2H3. The van der Waals surface area contributed by atoms with E-state index in [1.165, 1.54) is 30.0 Å². The van der Waals surface area contributed by atoms with Crippen molar-refractivity contribution in [1.29, 1.82) is 0 Å². The van der Waals surface area contributed by atoms with Gasteiger partial charge in [-0.3, -0.25) is 14.4 Å². The second-order valence-corrected chi connectivity index (χ2v) is 7.77. The number of methoxy groups -OCH3 is 1. The van der Waals surface area contributed by atoms with Gasteiger partial charge in [-0.1, -0.05) is 11.6 Å². The number of ether oxygens (including phenoxy) is 2. The van der Waals surface area contributed by atoms with Crippen molar-refractivity contribution in [1.82, 2.24) is 9.80 Å². The second kappa shape index (κ2) is 12.1. The molecule has 3 amide bonds. The van der Waals surface area contributed by atoms with Gasteiger partial charge >= 0.3 is 6.18 Å². The first kappa shape index (κ1) is 26.7. The number of hydrogen-bond donors (Lipinski definition) is 0. The summed E-state index contributed by atoms with van der Waals surface area (Å²) in [5.74, 6) is -0.899. The van der Waals surface area contributed by atoms with Crippen LogP contribution in [0.2, 0.25) is 5.02 Å². The first-order chi connectivity index (χ1) is 15.6. The third-order valence-corrected chi connectivity index (χ3v) is 5.36. The minimum atomic E-state index is -4.59. The number of nitrogens with zero attached hydrogens (tertiary/aromatic N) is 3. The first-order valence-electron chi connectivity index (χ1n) is 10.1. The SMILES string of the molecule is COCCOCCN(C)C(=O)C(CCC(=O)N1Cc2cc(Cl)c(C(F)(F)F)cc2C1)=NC=O. The summed E-state index contributed by atoms with van der Waals surface area (Å²) in [4.78, 5) is 42.3. The van der Waals surface area contributed by atoms with Crippen LogP contribution in [-0.4, -0.2) is 74.3 Å². The molecule has 0 radical (unpaired) electrons. The molecular formula is C21H25ClF3N3O5. The predicted octanol–water partition coefficient (Wildman–Crippen LogP) is 2.70. The van der Waals surface area contributed by atoms with Crippen LogP contribution in [0.3, 0.4) is 0 Å². The van der Waals surface area contributed by atoms with Gasteiger partial charge in [-0.05, 0) is 23.3 Å². The smallest absolute Gasteiger partial charge is 0.382 e. The molecule has 0 aromatic heterocycles. The third-order valence-electron chi connectivity index (χ3n) is 5.05. The number of hydrogen-bond acceptors (Lipinski definition) is 5. The summed E-state index contributed by atoms with van der Waals surface area (Å²) in [7, 11) is 3.06. The molecule has 182 valence electrons. The van der Waals surface area contributed by atoms with Gasteiger partial charge in [0.05, 0.1) is 30.4 Å². The highest BCUT2D eigenvalue weighted by molar-refractivity contribution is 6.40. The molecule has 12 heteroatoms. The lowest BCUT2D eigenvalue weighted by atomic mass is 10.1. The average molecular weight is 492 g/mol. The Labute approximate surface area is 194 Å². The van der Waals surface area contributed by atoms with E-state index in [2.05, 4.69) is 4.99 Å². The molecule has 0 bridgehead atoms. The molecular weight excluding hydrogens is 467 g/mol. The number of alkyl halides is 3. The molecule has 2 rings (SSSR count). The Bertz CT molecular complexity index is 908. The highest BCUT2D eigenvalue weighted by Gasteiger charge is 2.35. The van der Waals surface area contributed by atoms with E-state index in [0.717, 1.165) is 6.07 Å². The topological polar surface area (TPSA) is 88.5 Å². The third kappa shape index (κ3) is 7.51. The lowest BCUT2D eigenvalue weighted by Gasteiger charge is -2.19. The lowest BCUT2D eigenvalue weighted by Crippen LogP contribution is -2.36. The molecule has 0 aliphatic carbocycles. The Morgan fingerprint density at radius 3 is 2.45 bits per heavy atom. The minimum absolute atomic E-state index is 0.00122. The summed E-state index contributed by atoms with van der Waals surface area (Å²) >= 11 is 5.75. The molecule has 0 unspecified atom stereocenters. The highest BCUT2D eigenvalue weighted by atomic mass is 35.5. The Morgan fingerprint density at radius 2 is 1.85 bits per heavy atom. The molecule has 1 aliphatic heterocycles. The zero-order valence-corrected chi connectivity index (χ0v) is 19.0. The van der Waals surface area contributed by atoms with Crippen molar-refractivity contribution >= 4 is 35.5 Å². The summed E-state index contributed by atoms with van der Waals surface area (Å²) in [5.41, 5.74) is -0.132. The van der Waals surface area contributed by atoms with E-state index in [-0.39, 0.29) is 57.1 Å². The fourth-order valence-electron chi connectivity index (χ4n) is 3.26. The van der Waals surface area contributed by atoms with Gasteiger partial charge in [-0.25, -0.2) is 4.99 Å². The van der Waals surface area contributed by atoms with Crippen LogP contribution in [-0.2, 0) is 43.1 Å². The van der Waals surface area contributed by atoms with Gasteiger partial charge in [0.25, 0.3) is 5.91 Å². The zero-order valence-electron chi connectivity index (χ0n) is 18.3. The highest BCUT2D eigenvalue weighted by Crippen LogP contribution is 2.38. The lowest BCUT2D eigenvalue weighted by molar-refractivity contribution is -0.137. The van der Waals surface area contributed by atoms with Crippen LogP contribution in [0.4, 0.5) is 13.2 Å². The van der Waals surface area contributed by atoms with Crippen molar-refractivity contribution in [3.63, 3.8) is 0 Å². The van der Waals surface area contributed by atoms with E-state index >= 15 is 0 Å². The van der Waals surface area contributed by atoms with Crippen LogP contribution < -0.4 is 0 Å². The average Bonchev–Trinajstić information content (AvgIpc) is 3.17. The van der Waals surface area contributed by atoms with Gasteiger partial charge in [0.15, 0.2) is 0 Å². The first-order valence-corrected chi connectivity index (χ1v) is 10.4. The molecule has 33 heavy (non-hydrogen) atoms. The normalized spacial score (nSPS) is 13.8. The number of carbonyl (C=O) groups is 3. The van der Waals surface area contributed by atoms with Crippen LogP contribution in [0, 0.1) is 0 Å². The summed E-state index contributed by atoms with van der Waals surface area (Å²) < 4.78 is 49.4. The minimum Gasteiger partial charge on any atom is -0.382 e. The molecule has 8 nitrogen and oxygen atoms in total. The molecule has 0 spiro atoms. The van der Waals surface area contributed by atoms with E-state index in [1.54, 1.807) is 0 Å². The number of amides is 3. The number of aliphatic imine (C=N–C) groups is 1. The maximum atomic E-state index is 13.1. The monoisotopic (exact) mass is 491 g/mol. The predicted molar refractivity (Wildman–Crippen MR) is 114 cm³/mol. The van der Waals surface area contributed by atoms with E-state index < -0.39 is 22.7 Å². The number of carbonyl (C=O) groups excluding carboxylic acids is 3. The van der Waals surface area contributed by atoms with Gasteiger partial charge in [0.2, 0.25) is 12.3 Å². The fraction of sp³-hybridized carbons (Fsp3) is 0.524. The Kier molecular flexibility index (Phi) is 9.81. The van der Waals surface area contributed by atoms with Crippen molar-refractivity contribution in [3.05, 3.63) is 33.8 Å². The molecule has 1 heterocycles. The van der Waals surface area contributed by atoms with Crippen LogP contribution in [0.5, 0.6) is 0 Å². The number of halogens is 4. The second-order valence-electron chi connectivity index (χ2n) is 7.36. The molecule has 0 N–H and O–H groups in total. The van der Waals surface area contributed by atoms with E-state index in [0.29, 0.717) is 24.3 Å². The van der Waals surface area contributed by atoms with Gasteiger partial charge in [0.1, 0.15) is 5.71 Å². The van der Waals surface area contributed by atoms with Gasteiger partial charge < -0.3 is 19.3 Å².